The van der Waals surface area contributed by atoms with Crippen molar-refractivity contribution in [2.45, 2.75) is 31.3 Å². The molecule has 8 nitrogen and oxygen atoms in total. The molecule has 0 radical (unpaired) electrons. The van der Waals surface area contributed by atoms with E-state index in [0.29, 0.717) is 36.7 Å². The molecule has 0 bridgehead atoms. The van der Waals surface area contributed by atoms with Crippen LogP contribution in [0.25, 0.3) is 0 Å². The molecular formula is C29H29N3O5. The normalized spacial score (nSPS) is 19.6. The maximum atomic E-state index is 13.4. The zero-order valence-corrected chi connectivity index (χ0v) is 20.6. The Morgan fingerprint density at radius 1 is 0.973 bits per heavy atom. The summed E-state index contributed by atoms with van der Waals surface area (Å²) in [5.41, 5.74) is 1.23. The molecule has 1 fully saturated rings. The number of carbonyl (C=O) groups is 3. The quantitative estimate of drug-likeness (QED) is 0.483. The van der Waals surface area contributed by atoms with Crippen LogP contribution in [0.2, 0.25) is 0 Å². The molecule has 2 aliphatic heterocycles. The van der Waals surface area contributed by atoms with Crippen molar-refractivity contribution in [3.05, 3.63) is 95.6 Å². The van der Waals surface area contributed by atoms with Crippen LogP contribution in [0.15, 0.2) is 78.9 Å². The van der Waals surface area contributed by atoms with Gasteiger partial charge in [0.15, 0.2) is 11.5 Å². The van der Waals surface area contributed by atoms with Crippen molar-refractivity contribution in [3.63, 3.8) is 0 Å². The van der Waals surface area contributed by atoms with Crippen molar-refractivity contribution in [1.29, 1.82) is 0 Å². The minimum Gasteiger partial charge on any atom is -0.490 e. The number of ether oxygens (including phenoxy) is 2. The van der Waals surface area contributed by atoms with Gasteiger partial charge >= 0.3 is 6.03 Å². The largest absolute Gasteiger partial charge is 0.490 e. The summed E-state index contributed by atoms with van der Waals surface area (Å²) in [6.45, 7) is 2.30. The maximum Gasteiger partial charge on any atom is 0.325 e. The summed E-state index contributed by atoms with van der Waals surface area (Å²) in [5.74, 6) is 0.210. The Kier molecular flexibility index (Phi) is 6.81. The predicted molar refractivity (Wildman–Crippen MR) is 137 cm³/mol. The van der Waals surface area contributed by atoms with E-state index >= 15 is 0 Å². The Balaban J connectivity index is 1.32. The van der Waals surface area contributed by atoms with E-state index in [-0.39, 0.29) is 12.6 Å². The molecule has 0 saturated carbocycles. The summed E-state index contributed by atoms with van der Waals surface area (Å²) >= 11 is 0. The van der Waals surface area contributed by atoms with Gasteiger partial charge in [0.1, 0.15) is 12.1 Å². The first-order valence-corrected chi connectivity index (χ1v) is 12.4. The van der Waals surface area contributed by atoms with Crippen LogP contribution in [0, 0.1) is 0 Å². The number of urea groups is 1. The SMILES string of the molecule is C[C@]1(c2ccc3c(c2)OCCCO3)NC(=O)N(CC(=O)N[C@@H](Cc2ccccc2)c2ccccc2)C1=O. The van der Waals surface area contributed by atoms with Crippen molar-refractivity contribution < 1.29 is 23.9 Å². The molecule has 2 heterocycles. The van der Waals surface area contributed by atoms with Crippen LogP contribution >= 0.6 is 0 Å². The number of hydrogen-bond acceptors (Lipinski definition) is 5. The number of imide groups is 1. The van der Waals surface area contributed by atoms with E-state index in [1.807, 2.05) is 60.7 Å². The lowest BCUT2D eigenvalue weighted by molar-refractivity contribution is -0.135. The number of hydrogen-bond donors (Lipinski definition) is 2. The average Bonchev–Trinajstić information content (AvgIpc) is 3.07. The smallest absolute Gasteiger partial charge is 0.325 e. The topological polar surface area (TPSA) is 97.0 Å². The molecule has 0 aromatic heterocycles. The van der Waals surface area contributed by atoms with E-state index in [2.05, 4.69) is 10.6 Å². The van der Waals surface area contributed by atoms with Crippen LogP contribution in [-0.4, -0.2) is 42.5 Å². The van der Waals surface area contributed by atoms with Gasteiger partial charge in [0.25, 0.3) is 5.91 Å². The monoisotopic (exact) mass is 499 g/mol. The molecule has 3 aromatic rings. The fourth-order valence-corrected chi connectivity index (χ4v) is 4.68. The Bertz CT molecular complexity index is 1300. The highest BCUT2D eigenvalue weighted by molar-refractivity contribution is 6.09. The minimum absolute atomic E-state index is 0.315. The van der Waals surface area contributed by atoms with Crippen LogP contribution in [0.1, 0.15) is 36.1 Å². The lowest BCUT2D eigenvalue weighted by Crippen LogP contribution is -2.44. The van der Waals surface area contributed by atoms with Gasteiger partial charge in [-0.3, -0.25) is 14.5 Å². The number of carbonyl (C=O) groups excluding carboxylic acids is 3. The third-order valence-corrected chi connectivity index (χ3v) is 6.72. The van der Waals surface area contributed by atoms with Gasteiger partial charge in [-0.05, 0) is 42.2 Å². The standard InChI is InChI=1S/C29H29N3O5/c1-29(22-13-14-24-25(18-22)37-16-8-15-36-24)27(34)32(28(35)31-29)19-26(33)30-23(21-11-6-3-7-12-21)17-20-9-4-2-5-10-20/h2-7,9-14,18,23H,8,15-17,19H2,1H3,(H,30,33)(H,31,35)/t23-,29+/m0/s1. The highest BCUT2D eigenvalue weighted by Gasteiger charge is 2.50. The van der Waals surface area contributed by atoms with Gasteiger partial charge < -0.3 is 20.1 Å². The van der Waals surface area contributed by atoms with Crippen LogP contribution in [0.3, 0.4) is 0 Å². The third-order valence-electron chi connectivity index (χ3n) is 6.72. The first-order chi connectivity index (χ1) is 17.9. The molecule has 0 unspecified atom stereocenters. The second-order valence-electron chi connectivity index (χ2n) is 9.38. The van der Waals surface area contributed by atoms with Gasteiger partial charge in [0.2, 0.25) is 5.91 Å². The second-order valence-corrected chi connectivity index (χ2v) is 9.38. The summed E-state index contributed by atoms with van der Waals surface area (Å²) in [4.78, 5) is 40.4. The molecule has 0 aliphatic carbocycles. The number of amides is 4. The van der Waals surface area contributed by atoms with Gasteiger partial charge in [-0.2, -0.15) is 0 Å². The number of nitrogens with one attached hydrogen (secondary N) is 2. The van der Waals surface area contributed by atoms with Crippen molar-refractivity contribution >= 4 is 17.8 Å². The summed E-state index contributed by atoms with van der Waals surface area (Å²) in [6.07, 6.45) is 1.33. The number of fused-ring (bicyclic) bond motifs is 1. The summed E-state index contributed by atoms with van der Waals surface area (Å²) < 4.78 is 11.4. The van der Waals surface area contributed by atoms with Gasteiger partial charge in [0.05, 0.1) is 19.3 Å². The van der Waals surface area contributed by atoms with E-state index in [1.54, 1.807) is 25.1 Å². The lowest BCUT2D eigenvalue weighted by atomic mass is 9.91. The Morgan fingerprint density at radius 2 is 1.65 bits per heavy atom. The molecule has 1 saturated heterocycles. The van der Waals surface area contributed by atoms with Gasteiger partial charge in [-0.25, -0.2) is 4.79 Å². The van der Waals surface area contributed by atoms with E-state index in [4.69, 9.17) is 9.47 Å². The summed E-state index contributed by atoms with van der Waals surface area (Å²) in [7, 11) is 0. The van der Waals surface area contributed by atoms with Crippen molar-refractivity contribution in [3.8, 4) is 11.5 Å². The lowest BCUT2D eigenvalue weighted by Gasteiger charge is -2.24. The maximum absolute atomic E-state index is 13.4. The molecule has 2 aliphatic rings. The van der Waals surface area contributed by atoms with Crippen LogP contribution in [-0.2, 0) is 21.5 Å². The zero-order chi connectivity index (χ0) is 25.8. The second kappa shape index (κ2) is 10.3. The first kappa shape index (κ1) is 24.4. The Labute approximate surface area is 215 Å². The molecule has 190 valence electrons. The summed E-state index contributed by atoms with van der Waals surface area (Å²) in [6, 6.07) is 23.7. The molecule has 2 N–H and O–H groups in total. The fraction of sp³-hybridized carbons (Fsp3) is 0.276. The van der Waals surface area contributed by atoms with Gasteiger partial charge in [-0.15, -0.1) is 0 Å². The van der Waals surface area contributed by atoms with Crippen LogP contribution in [0.5, 0.6) is 11.5 Å². The molecule has 4 amide bonds. The van der Waals surface area contributed by atoms with E-state index in [1.165, 1.54) is 0 Å². The van der Waals surface area contributed by atoms with E-state index in [9.17, 15) is 14.4 Å². The highest BCUT2D eigenvalue weighted by atomic mass is 16.5. The zero-order valence-electron chi connectivity index (χ0n) is 20.6. The van der Waals surface area contributed by atoms with Crippen molar-refractivity contribution in [2.75, 3.05) is 19.8 Å². The highest BCUT2D eigenvalue weighted by Crippen LogP contribution is 2.36. The number of nitrogens with zero attached hydrogens (tertiary/aromatic N) is 1. The van der Waals surface area contributed by atoms with Crippen LogP contribution in [0.4, 0.5) is 4.79 Å². The average molecular weight is 500 g/mol. The molecule has 37 heavy (non-hydrogen) atoms. The Hall–Kier alpha value is -4.33. The molecule has 2 atom stereocenters. The summed E-state index contributed by atoms with van der Waals surface area (Å²) in [5, 5.41) is 5.78. The van der Waals surface area contributed by atoms with E-state index in [0.717, 1.165) is 22.4 Å². The minimum atomic E-state index is -1.33. The number of benzene rings is 3. The van der Waals surface area contributed by atoms with Crippen molar-refractivity contribution in [2.24, 2.45) is 0 Å². The first-order valence-electron chi connectivity index (χ1n) is 12.4. The molecular weight excluding hydrogens is 470 g/mol. The van der Waals surface area contributed by atoms with Crippen LogP contribution < -0.4 is 20.1 Å². The fourth-order valence-electron chi connectivity index (χ4n) is 4.68. The van der Waals surface area contributed by atoms with Crippen molar-refractivity contribution in [1.82, 2.24) is 15.5 Å². The molecule has 3 aromatic carbocycles. The molecule has 8 heteroatoms. The molecule has 5 rings (SSSR count). The number of rotatable bonds is 7. The third kappa shape index (κ3) is 5.14. The molecule has 0 spiro atoms. The van der Waals surface area contributed by atoms with Gasteiger partial charge in [-0.1, -0.05) is 66.7 Å². The predicted octanol–water partition coefficient (Wildman–Crippen LogP) is 3.72. The van der Waals surface area contributed by atoms with E-state index < -0.39 is 23.4 Å². The Morgan fingerprint density at radius 3 is 2.38 bits per heavy atom. The van der Waals surface area contributed by atoms with Gasteiger partial charge in [0, 0.05) is 6.42 Å².